The van der Waals surface area contributed by atoms with E-state index >= 15 is 0 Å². The van der Waals surface area contributed by atoms with Crippen molar-refractivity contribution in [3.05, 3.63) is 57.6 Å². The van der Waals surface area contributed by atoms with Crippen molar-refractivity contribution in [3.63, 3.8) is 0 Å². The molecule has 0 amide bonds. The van der Waals surface area contributed by atoms with E-state index in [9.17, 15) is 5.11 Å². The van der Waals surface area contributed by atoms with E-state index in [1.807, 2.05) is 36.4 Å². The van der Waals surface area contributed by atoms with E-state index in [1.165, 1.54) is 0 Å². The number of aliphatic hydroxyl groups excluding tert-OH is 1. The molecule has 0 bridgehead atoms. The quantitative estimate of drug-likeness (QED) is 0.906. The van der Waals surface area contributed by atoms with Gasteiger partial charge in [0.2, 0.25) is 0 Å². The van der Waals surface area contributed by atoms with Gasteiger partial charge in [0.05, 0.1) is 13.2 Å². The summed E-state index contributed by atoms with van der Waals surface area (Å²) in [4.78, 5) is 0. The predicted molar refractivity (Wildman–Crippen MR) is 84.7 cm³/mol. The molecule has 0 fully saturated rings. The Balaban J connectivity index is 1.80. The summed E-state index contributed by atoms with van der Waals surface area (Å²) in [5.41, 5.74) is 3.16. The smallest absolute Gasteiger partial charge is 0.123 e. The fourth-order valence-corrected chi connectivity index (χ4v) is 3.04. The molecular formula is C17H17BrO3. The molecule has 21 heavy (non-hydrogen) atoms. The van der Waals surface area contributed by atoms with Crippen LogP contribution in [0.1, 0.15) is 29.2 Å². The Morgan fingerprint density at radius 3 is 2.95 bits per heavy atom. The third-order valence-corrected chi connectivity index (χ3v) is 4.61. The van der Waals surface area contributed by atoms with Crippen LogP contribution in [0.15, 0.2) is 40.9 Å². The summed E-state index contributed by atoms with van der Waals surface area (Å²) in [5, 5.41) is 9.92. The second kappa shape index (κ2) is 6.08. The monoisotopic (exact) mass is 348 g/mol. The number of benzene rings is 2. The molecule has 2 aromatic carbocycles. The van der Waals surface area contributed by atoms with Crippen molar-refractivity contribution in [1.29, 1.82) is 0 Å². The maximum atomic E-state index is 9.92. The van der Waals surface area contributed by atoms with Crippen LogP contribution in [0, 0.1) is 0 Å². The number of ether oxygens (including phenoxy) is 2. The molecule has 3 nitrogen and oxygen atoms in total. The van der Waals surface area contributed by atoms with Gasteiger partial charge in [-0.1, -0.05) is 28.1 Å². The van der Waals surface area contributed by atoms with Gasteiger partial charge in [-0.05, 0) is 42.7 Å². The number of hydrogen-bond acceptors (Lipinski definition) is 3. The minimum absolute atomic E-state index is 0.355. The first-order valence-electron chi connectivity index (χ1n) is 6.94. The van der Waals surface area contributed by atoms with Crippen molar-refractivity contribution in [2.75, 3.05) is 7.11 Å². The lowest BCUT2D eigenvalue weighted by atomic mass is 10.1. The van der Waals surface area contributed by atoms with E-state index in [1.54, 1.807) is 7.11 Å². The summed E-state index contributed by atoms with van der Waals surface area (Å²) in [6.07, 6.45) is 1.29. The third-order valence-electron chi connectivity index (χ3n) is 3.83. The molecule has 3 rings (SSSR count). The Labute approximate surface area is 132 Å². The average Bonchev–Trinajstić information content (AvgIpc) is 2.89. The molecule has 1 N–H and O–H groups in total. The Hall–Kier alpha value is -1.52. The Kier molecular flexibility index (Phi) is 4.17. The van der Waals surface area contributed by atoms with Crippen molar-refractivity contribution in [1.82, 2.24) is 0 Å². The second-order valence-electron chi connectivity index (χ2n) is 5.12. The maximum Gasteiger partial charge on any atom is 0.123 e. The number of fused-ring (bicyclic) bond motifs is 1. The zero-order valence-corrected chi connectivity index (χ0v) is 13.4. The molecule has 0 radical (unpaired) electrons. The summed E-state index contributed by atoms with van der Waals surface area (Å²) < 4.78 is 12.2. The lowest BCUT2D eigenvalue weighted by Gasteiger charge is -2.13. The van der Waals surface area contributed by atoms with E-state index in [2.05, 4.69) is 15.9 Å². The molecule has 0 aliphatic heterocycles. The summed E-state index contributed by atoms with van der Waals surface area (Å²) >= 11 is 3.53. The minimum atomic E-state index is -0.355. The first kappa shape index (κ1) is 14.4. The van der Waals surface area contributed by atoms with Crippen LogP contribution in [0.25, 0.3) is 0 Å². The van der Waals surface area contributed by atoms with E-state index in [0.29, 0.717) is 6.61 Å². The predicted octanol–water partition coefficient (Wildman–Crippen LogP) is 4.02. The first-order chi connectivity index (χ1) is 10.2. The normalized spacial score (nSPS) is 16.6. The lowest BCUT2D eigenvalue weighted by Crippen LogP contribution is -2.00. The van der Waals surface area contributed by atoms with Gasteiger partial charge in [0.25, 0.3) is 0 Å². The van der Waals surface area contributed by atoms with Gasteiger partial charge in [0.15, 0.2) is 0 Å². The molecule has 4 heteroatoms. The van der Waals surface area contributed by atoms with Crippen LogP contribution in [-0.2, 0) is 13.0 Å². The van der Waals surface area contributed by atoms with Crippen LogP contribution in [0.4, 0.5) is 0 Å². The molecule has 1 unspecified atom stereocenters. The molecule has 2 aromatic rings. The minimum Gasteiger partial charge on any atom is -0.497 e. The Bertz CT molecular complexity index is 654. The Morgan fingerprint density at radius 1 is 1.29 bits per heavy atom. The van der Waals surface area contributed by atoms with Crippen molar-refractivity contribution in [3.8, 4) is 11.5 Å². The van der Waals surface area contributed by atoms with Crippen LogP contribution in [-0.4, -0.2) is 12.2 Å². The molecule has 0 spiro atoms. The number of halogens is 1. The van der Waals surface area contributed by atoms with Gasteiger partial charge < -0.3 is 14.6 Å². The molecule has 1 aliphatic rings. The van der Waals surface area contributed by atoms with Crippen LogP contribution in [0.2, 0.25) is 0 Å². The third kappa shape index (κ3) is 2.92. The van der Waals surface area contributed by atoms with Crippen molar-refractivity contribution >= 4 is 15.9 Å². The maximum absolute atomic E-state index is 9.92. The van der Waals surface area contributed by atoms with Gasteiger partial charge >= 0.3 is 0 Å². The van der Waals surface area contributed by atoms with E-state index in [-0.39, 0.29) is 6.10 Å². The molecule has 0 saturated carbocycles. The van der Waals surface area contributed by atoms with E-state index in [4.69, 9.17) is 9.47 Å². The van der Waals surface area contributed by atoms with Crippen LogP contribution >= 0.6 is 15.9 Å². The summed E-state index contributed by atoms with van der Waals surface area (Å²) in [7, 11) is 1.65. The molecule has 1 atom stereocenters. The number of methoxy groups -OCH3 is 1. The second-order valence-corrected chi connectivity index (χ2v) is 5.98. The van der Waals surface area contributed by atoms with Crippen molar-refractivity contribution in [2.24, 2.45) is 0 Å². The first-order valence-corrected chi connectivity index (χ1v) is 7.73. The van der Waals surface area contributed by atoms with Crippen LogP contribution < -0.4 is 9.47 Å². The number of aliphatic hydroxyl groups is 1. The fourth-order valence-electron chi connectivity index (χ4n) is 2.68. The largest absolute Gasteiger partial charge is 0.497 e. The highest BCUT2D eigenvalue weighted by Gasteiger charge is 2.23. The van der Waals surface area contributed by atoms with Gasteiger partial charge in [-0.3, -0.25) is 0 Å². The summed E-state index contributed by atoms with van der Waals surface area (Å²) in [5.74, 6) is 1.67. The highest BCUT2D eigenvalue weighted by Crippen LogP contribution is 2.37. The molecular weight excluding hydrogens is 332 g/mol. The Morgan fingerprint density at radius 2 is 2.14 bits per heavy atom. The van der Waals surface area contributed by atoms with Crippen molar-refractivity contribution in [2.45, 2.75) is 25.6 Å². The molecule has 0 heterocycles. The molecule has 0 aromatic heterocycles. The van der Waals surface area contributed by atoms with Gasteiger partial charge in [-0.2, -0.15) is 0 Å². The van der Waals surface area contributed by atoms with Gasteiger partial charge in [-0.25, -0.2) is 0 Å². The summed E-state index contributed by atoms with van der Waals surface area (Å²) in [6.45, 7) is 0.463. The fraction of sp³-hybridized carbons (Fsp3) is 0.294. The van der Waals surface area contributed by atoms with Crippen LogP contribution in [0.3, 0.4) is 0 Å². The topological polar surface area (TPSA) is 38.7 Å². The molecule has 1 aliphatic carbocycles. The number of rotatable bonds is 4. The highest BCUT2D eigenvalue weighted by molar-refractivity contribution is 9.10. The van der Waals surface area contributed by atoms with Gasteiger partial charge in [0, 0.05) is 15.6 Å². The average molecular weight is 349 g/mol. The zero-order valence-electron chi connectivity index (χ0n) is 11.8. The molecule has 0 saturated heterocycles. The van der Waals surface area contributed by atoms with Crippen molar-refractivity contribution < 1.29 is 14.6 Å². The SMILES string of the molecule is COc1ccc(Br)c(COc2cccc3c2CCC3O)c1. The van der Waals surface area contributed by atoms with E-state index < -0.39 is 0 Å². The highest BCUT2D eigenvalue weighted by atomic mass is 79.9. The number of hydrogen-bond donors (Lipinski definition) is 1. The van der Waals surface area contributed by atoms with Gasteiger partial charge in [0.1, 0.15) is 18.1 Å². The summed E-state index contributed by atoms with van der Waals surface area (Å²) in [6, 6.07) is 11.7. The van der Waals surface area contributed by atoms with Gasteiger partial charge in [-0.15, -0.1) is 0 Å². The standard InChI is InChI=1S/C17H17BrO3/c1-20-12-5-7-15(18)11(9-12)10-21-17-4-2-3-13-14(17)6-8-16(13)19/h2-5,7,9,16,19H,6,8,10H2,1H3. The molecule has 110 valence electrons. The van der Waals surface area contributed by atoms with E-state index in [0.717, 1.165) is 45.5 Å². The lowest BCUT2D eigenvalue weighted by molar-refractivity contribution is 0.180. The van der Waals surface area contributed by atoms with Crippen LogP contribution in [0.5, 0.6) is 11.5 Å². The zero-order chi connectivity index (χ0) is 14.8.